The second-order valence-electron chi connectivity index (χ2n) is 6.87. The molecule has 0 atom stereocenters. The van der Waals surface area contributed by atoms with Crippen molar-refractivity contribution in [2.24, 2.45) is 4.99 Å². The van der Waals surface area contributed by atoms with Crippen molar-refractivity contribution in [1.29, 1.82) is 0 Å². The van der Waals surface area contributed by atoms with Crippen LogP contribution in [0.1, 0.15) is 20.3 Å². The first kappa shape index (κ1) is 15.1. The van der Waals surface area contributed by atoms with Crippen LogP contribution in [0, 0.1) is 5.82 Å². The Morgan fingerprint density at radius 3 is 2.71 bits per heavy atom. The van der Waals surface area contributed by atoms with Crippen LogP contribution in [-0.4, -0.2) is 35.3 Å². The van der Waals surface area contributed by atoms with Gasteiger partial charge in [-0.05, 0) is 44.2 Å². The van der Waals surface area contributed by atoms with E-state index in [1.165, 1.54) is 12.1 Å². The first-order valence-corrected chi connectivity index (χ1v) is 8.04. The molecule has 0 bridgehead atoms. The molecule has 1 aromatic rings. The number of anilines is 1. The Morgan fingerprint density at radius 2 is 1.96 bits per heavy atom. The number of nitrogens with zero attached hydrogens (tertiary/aromatic N) is 3. The summed E-state index contributed by atoms with van der Waals surface area (Å²) in [7, 11) is 0. The van der Waals surface area contributed by atoms with Crippen molar-refractivity contribution in [2.45, 2.75) is 25.8 Å². The van der Waals surface area contributed by atoms with Crippen molar-refractivity contribution in [3.05, 3.63) is 53.8 Å². The average molecular weight is 326 g/mol. The van der Waals surface area contributed by atoms with Gasteiger partial charge in [-0.1, -0.05) is 0 Å². The van der Waals surface area contributed by atoms with E-state index in [1.807, 2.05) is 11.0 Å². The molecule has 4 rings (SSSR count). The van der Waals surface area contributed by atoms with Crippen LogP contribution in [0.5, 0.6) is 0 Å². The normalized spacial score (nSPS) is 22.3. The molecule has 0 radical (unpaired) electrons. The molecule has 0 aromatic heterocycles. The van der Waals surface area contributed by atoms with Crippen LogP contribution in [0.4, 0.5) is 10.1 Å². The van der Waals surface area contributed by atoms with Crippen LogP contribution in [0.15, 0.2) is 52.9 Å². The summed E-state index contributed by atoms with van der Waals surface area (Å²) in [6.45, 7) is 5.52. The molecule has 1 amide bonds. The number of fused-ring (bicyclic) bond motifs is 2. The van der Waals surface area contributed by atoms with Gasteiger partial charge >= 0.3 is 0 Å². The van der Waals surface area contributed by atoms with Crippen LogP contribution >= 0.6 is 0 Å². The van der Waals surface area contributed by atoms with Gasteiger partial charge in [0.05, 0.1) is 5.70 Å². The maximum absolute atomic E-state index is 13.3. The number of benzene rings is 1. The number of hydrogen-bond donors (Lipinski definition) is 1. The van der Waals surface area contributed by atoms with Gasteiger partial charge in [0, 0.05) is 42.6 Å². The molecule has 0 saturated heterocycles. The number of halogens is 1. The van der Waals surface area contributed by atoms with Crippen molar-refractivity contribution in [3.63, 3.8) is 0 Å². The van der Waals surface area contributed by atoms with E-state index in [4.69, 9.17) is 0 Å². The third-order valence-electron chi connectivity index (χ3n) is 4.60. The van der Waals surface area contributed by atoms with E-state index in [9.17, 15) is 9.18 Å². The number of amides is 1. The van der Waals surface area contributed by atoms with Gasteiger partial charge in [0.2, 0.25) is 0 Å². The standard InChI is InChI=1S/C18H19FN4O/c1-18(2)10-14-15(11-21-18)23(13-6-4-12(19)5-7-13)17(24)16-20-8-3-9-22(14)16/h3-8,21H,9-11H2,1-2H3. The third-order valence-corrected chi connectivity index (χ3v) is 4.60. The maximum Gasteiger partial charge on any atom is 0.298 e. The van der Waals surface area contributed by atoms with Crippen molar-refractivity contribution in [2.75, 3.05) is 18.0 Å². The molecule has 0 spiro atoms. The summed E-state index contributed by atoms with van der Waals surface area (Å²) < 4.78 is 13.3. The highest BCUT2D eigenvalue weighted by Gasteiger charge is 2.42. The fourth-order valence-corrected chi connectivity index (χ4v) is 3.39. The number of carbonyl (C=O) groups is 1. The molecule has 0 unspecified atom stereocenters. The molecule has 0 aliphatic carbocycles. The SMILES string of the molecule is CC1(C)CC2=C(CN1)N(c1ccc(F)cc1)C(=O)C1=NC=CCN12. The average Bonchev–Trinajstić information content (AvgIpc) is 2.57. The second-order valence-corrected chi connectivity index (χ2v) is 6.87. The van der Waals surface area contributed by atoms with Gasteiger partial charge in [0.25, 0.3) is 5.91 Å². The number of hydrogen-bond acceptors (Lipinski definition) is 4. The Morgan fingerprint density at radius 1 is 1.21 bits per heavy atom. The summed E-state index contributed by atoms with van der Waals surface area (Å²) >= 11 is 0. The summed E-state index contributed by atoms with van der Waals surface area (Å²) in [6, 6.07) is 6.01. The first-order chi connectivity index (χ1) is 11.5. The van der Waals surface area contributed by atoms with E-state index in [-0.39, 0.29) is 17.3 Å². The lowest BCUT2D eigenvalue weighted by Gasteiger charge is -2.46. The lowest BCUT2D eigenvalue weighted by atomic mass is 9.90. The number of aliphatic imine (C=N–C) groups is 1. The topological polar surface area (TPSA) is 47.9 Å². The molecule has 6 heteroatoms. The maximum atomic E-state index is 13.3. The molecular weight excluding hydrogens is 307 g/mol. The number of rotatable bonds is 1. The van der Waals surface area contributed by atoms with Gasteiger partial charge in [0.1, 0.15) is 5.82 Å². The Labute approximate surface area is 140 Å². The third kappa shape index (κ3) is 2.34. The van der Waals surface area contributed by atoms with Crippen LogP contribution in [-0.2, 0) is 4.79 Å². The Hall–Kier alpha value is -2.47. The van der Waals surface area contributed by atoms with Crippen LogP contribution < -0.4 is 10.2 Å². The van der Waals surface area contributed by atoms with E-state index in [2.05, 4.69) is 24.2 Å². The highest BCUT2D eigenvalue weighted by atomic mass is 19.1. The molecule has 24 heavy (non-hydrogen) atoms. The van der Waals surface area contributed by atoms with Gasteiger partial charge in [-0.2, -0.15) is 0 Å². The smallest absolute Gasteiger partial charge is 0.298 e. The van der Waals surface area contributed by atoms with Gasteiger partial charge in [-0.3, -0.25) is 9.69 Å². The van der Waals surface area contributed by atoms with Crippen LogP contribution in [0.3, 0.4) is 0 Å². The molecule has 3 aliphatic heterocycles. The van der Waals surface area contributed by atoms with Crippen molar-refractivity contribution in [3.8, 4) is 0 Å². The fourth-order valence-electron chi connectivity index (χ4n) is 3.39. The van der Waals surface area contributed by atoms with Crippen molar-refractivity contribution >= 4 is 17.4 Å². The number of nitrogens with one attached hydrogen (secondary N) is 1. The minimum atomic E-state index is -0.320. The van der Waals surface area contributed by atoms with E-state index >= 15 is 0 Å². The molecule has 124 valence electrons. The fraction of sp³-hybridized carbons (Fsp3) is 0.333. The molecule has 3 aliphatic rings. The zero-order valence-corrected chi connectivity index (χ0v) is 13.7. The summed E-state index contributed by atoms with van der Waals surface area (Å²) in [6.07, 6.45) is 4.41. The van der Waals surface area contributed by atoms with E-state index < -0.39 is 0 Å². The molecule has 1 aromatic carbocycles. The summed E-state index contributed by atoms with van der Waals surface area (Å²) in [5, 5.41) is 3.47. The van der Waals surface area contributed by atoms with Gasteiger partial charge in [0.15, 0.2) is 5.84 Å². The summed E-state index contributed by atoms with van der Waals surface area (Å²) in [4.78, 5) is 21.0. The molecule has 3 heterocycles. The van der Waals surface area contributed by atoms with Gasteiger partial charge in [-0.25, -0.2) is 9.38 Å². The Kier molecular flexibility index (Phi) is 3.31. The quantitative estimate of drug-likeness (QED) is 0.862. The summed E-state index contributed by atoms with van der Waals surface area (Å²) in [5.74, 6) is -0.0654. The second kappa shape index (κ2) is 5.27. The van der Waals surface area contributed by atoms with E-state index in [0.29, 0.717) is 24.6 Å². The predicted octanol–water partition coefficient (Wildman–Crippen LogP) is 2.38. The Bertz CT molecular complexity index is 792. The van der Waals surface area contributed by atoms with Crippen molar-refractivity contribution < 1.29 is 9.18 Å². The largest absolute Gasteiger partial charge is 0.320 e. The van der Waals surface area contributed by atoms with E-state index in [0.717, 1.165) is 17.8 Å². The molecule has 5 nitrogen and oxygen atoms in total. The van der Waals surface area contributed by atoms with Gasteiger partial charge < -0.3 is 10.2 Å². The van der Waals surface area contributed by atoms with Crippen LogP contribution in [0.25, 0.3) is 0 Å². The highest BCUT2D eigenvalue weighted by Crippen LogP contribution is 2.36. The summed E-state index contributed by atoms with van der Waals surface area (Å²) in [5.41, 5.74) is 2.62. The highest BCUT2D eigenvalue weighted by molar-refractivity contribution is 6.45. The number of amidine groups is 1. The zero-order valence-electron chi connectivity index (χ0n) is 13.7. The Balaban J connectivity index is 1.87. The minimum absolute atomic E-state index is 0.0556. The van der Waals surface area contributed by atoms with Crippen LogP contribution in [0.2, 0.25) is 0 Å². The van der Waals surface area contributed by atoms with Crippen molar-refractivity contribution in [1.82, 2.24) is 10.2 Å². The molecular formula is C18H19FN4O. The molecule has 1 N–H and O–H groups in total. The molecule has 0 saturated carbocycles. The number of carbonyl (C=O) groups excluding carboxylic acids is 1. The lowest BCUT2D eigenvalue weighted by molar-refractivity contribution is -0.113. The molecule has 0 fully saturated rings. The zero-order chi connectivity index (χ0) is 16.9. The van der Waals surface area contributed by atoms with E-state index in [1.54, 1.807) is 23.2 Å². The first-order valence-electron chi connectivity index (χ1n) is 8.04. The lowest BCUT2D eigenvalue weighted by Crippen LogP contribution is -2.58. The monoisotopic (exact) mass is 326 g/mol. The van der Waals surface area contributed by atoms with Gasteiger partial charge in [-0.15, -0.1) is 0 Å². The predicted molar refractivity (Wildman–Crippen MR) is 90.9 cm³/mol. The minimum Gasteiger partial charge on any atom is -0.320 e.